The summed E-state index contributed by atoms with van der Waals surface area (Å²) in [5.74, 6) is 1.16. The van der Waals surface area contributed by atoms with Gasteiger partial charge in [-0.25, -0.2) is 4.79 Å². The number of Topliss-reactive ketones (excluding diaryl/α,β-unsaturated/α-hetero) is 1. The van der Waals surface area contributed by atoms with Gasteiger partial charge in [-0.1, -0.05) is 18.2 Å². The van der Waals surface area contributed by atoms with E-state index >= 15 is 0 Å². The van der Waals surface area contributed by atoms with Crippen molar-refractivity contribution < 1.29 is 14.3 Å². The van der Waals surface area contributed by atoms with Crippen LogP contribution in [0, 0.1) is 0 Å². The average molecular weight is 256 g/mol. The van der Waals surface area contributed by atoms with Gasteiger partial charge in [0.2, 0.25) is 0 Å². The summed E-state index contributed by atoms with van der Waals surface area (Å²) in [4.78, 5) is 23.2. The van der Waals surface area contributed by atoms with Gasteiger partial charge in [-0.3, -0.25) is 10.1 Å². The number of nitrogens with one attached hydrogen (secondary N) is 1. The van der Waals surface area contributed by atoms with Crippen LogP contribution in [0.15, 0.2) is 42.5 Å². The molecule has 5 heteroatoms. The van der Waals surface area contributed by atoms with Crippen LogP contribution < -0.4 is 10.1 Å². The first kappa shape index (κ1) is 11.5. The van der Waals surface area contributed by atoms with E-state index in [1.54, 1.807) is 41.0 Å². The van der Waals surface area contributed by atoms with Crippen LogP contribution in [0.1, 0.15) is 16.9 Å². The molecule has 0 saturated heterocycles. The summed E-state index contributed by atoms with van der Waals surface area (Å²) in [6.45, 7) is 0.599. The van der Waals surface area contributed by atoms with Crippen molar-refractivity contribution in [2.45, 2.75) is 13.0 Å². The fourth-order valence-corrected chi connectivity index (χ4v) is 2.13. The molecule has 96 valence electrons. The van der Waals surface area contributed by atoms with Crippen LogP contribution in [0.3, 0.4) is 0 Å². The second kappa shape index (κ2) is 4.61. The van der Waals surface area contributed by atoms with Gasteiger partial charge in [-0.15, -0.1) is 0 Å². The van der Waals surface area contributed by atoms with Crippen LogP contribution in [-0.2, 0) is 6.54 Å². The summed E-state index contributed by atoms with van der Waals surface area (Å²) in [5, 5.41) is 2.64. The van der Waals surface area contributed by atoms with Crippen molar-refractivity contribution in [1.29, 1.82) is 0 Å². The van der Waals surface area contributed by atoms with E-state index in [-0.39, 0.29) is 5.78 Å². The number of ether oxygens (including phenoxy) is 1. The van der Waals surface area contributed by atoms with Gasteiger partial charge in [-0.2, -0.15) is 0 Å². The Labute approximate surface area is 109 Å². The van der Waals surface area contributed by atoms with Crippen LogP contribution in [0.25, 0.3) is 0 Å². The maximum atomic E-state index is 11.7. The molecule has 0 radical (unpaired) electrons. The topological polar surface area (TPSA) is 60.3 Å². The third kappa shape index (κ3) is 2.22. The number of fused-ring (bicyclic) bond motifs is 1. The van der Waals surface area contributed by atoms with Crippen molar-refractivity contribution >= 4 is 17.7 Å². The summed E-state index contributed by atoms with van der Waals surface area (Å²) < 4.78 is 6.91. The van der Waals surface area contributed by atoms with Gasteiger partial charge in [-0.05, 0) is 24.3 Å². The van der Waals surface area contributed by atoms with Crippen LogP contribution in [0.5, 0.6) is 5.75 Å². The number of hydrogen-bond donors (Lipinski definition) is 1. The minimum atomic E-state index is -0.563. The molecule has 0 atom stereocenters. The molecule has 0 fully saturated rings. The zero-order chi connectivity index (χ0) is 13.2. The highest BCUT2D eigenvalue weighted by molar-refractivity contribution is 5.98. The Hall–Kier alpha value is -2.56. The molecule has 19 heavy (non-hydrogen) atoms. The number of carbonyl (C=O) groups excluding carboxylic acids is 2. The van der Waals surface area contributed by atoms with Crippen LogP contribution >= 0.6 is 0 Å². The Morgan fingerprint density at radius 3 is 2.74 bits per heavy atom. The lowest BCUT2D eigenvalue weighted by Gasteiger charge is -2.08. The fraction of sp³-hybridized carbons (Fsp3) is 0.143. The van der Waals surface area contributed by atoms with Crippen molar-refractivity contribution in [3.05, 3.63) is 48.2 Å². The molecule has 2 heterocycles. The minimum absolute atomic E-state index is 0.101. The first-order valence-electron chi connectivity index (χ1n) is 6.00. The summed E-state index contributed by atoms with van der Waals surface area (Å²) in [5.41, 5.74) is 0.634. The maximum Gasteiger partial charge on any atom is 0.418 e. The minimum Gasteiger partial charge on any atom is -0.410 e. The molecule has 0 saturated carbocycles. The Kier molecular flexibility index (Phi) is 2.79. The van der Waals surface area contributed by atoms with Gasteiger partial charge >= 0.3 is 6.09 Å². The van der Waals surface area contributed by atoms with Crippen molar-refractivity contribution in [2.75, 3.05) is 5.32 Å². The molecule has 1 N–H and O–H groups in total. The molecule has 1 aromatic carbocycles. The van der Waals surface area contributed by atoms with Crippen molar-refractivity contribution in [2.24, 2.45) is 0 Å². The summed E-state index contributed by atoms with van der Waals surface area (Å²) in [6.07, 6.45) is -0.0788. The highest BCUT2D eigenvalue weighted by Crippen LogP contribution is 2.23. The quantitative estimate of drug-likeness (QED) is 0.898. The van der Waals surface area contributed by atoms with Gasteiger partial charge in [0.05, 0.1) is 5.69 Å². The Balaban J connectivity index is 1.71. The number of nitrogens with zero attached hydrogens (tertiary/aromatic N) is 1. The van der Waals surface area contributed by atoms with Crippen LogP contribution in [0.4, 0.5) is 10.6 Å². The van der Waals surface area contributed by atoms with E-state index in [1.807, 2.05) is 6.07 Å². The Bertz CT molecular complexity index is 631. The van der Waals surface area contributed by atoms with Crippen molar-refractivity contribution in [3.8, 4) is 5.75 Å². The molecule has 0 aliphatic carbocycles. The van der Waals surface area contributed by atoms with Crippen molar-refractivity contribution in [1.82, 2.24) is 4.57 Å². The zero-order valence-corrected chi connectivity index (χ0v) is 10.1. The van der Waals surface area contributed by atoms with E-state index in [0.717, 1.165) is 0 Å². The number of amides is 1. The maximum absolute atomic E-state index is 11.7. The number of hydrogen-bond acceptors (Lipinski definition) is 3. The number of benzene rings is 1. The van der Waals surface area contributed by atoms with Gasteiger partial charge in [0.1, 0.15) is 11.6 Å². The largest absolute Gasteiger partial charge is 0.418 e. The lowest BCUT2D eigenvalue weighted by atomic mass is 10.3. The Morgan fingerprint density at radius 2 is 1.95 bits per heavy atom. The number of para-hydroxylation sites is 1. The molecule has 0 unspecified atom stereocenters. The van der Waals surface area contributed by atoms with E-state index in [4.69, 9.17) is 4.74 Å². The molecular weight excluding hydrogens is 244 g/mol. The zero-order valence-electron chi connectivity index (χ0n) is 10.1. The molecule has 1 aliphatic rings. The smallest absolute Gasteiger partial charge is 0.410 e. The van der Waals surface area contributed by atoms with Crippen LogP contribution in [-0.4, -0.2) is 16.4 Å². The van der Waals surface area contributed by atoms with E-state index in [2.05, 4.69) is 5.32 Å². The Morgan fingerprint density at radius 1 is 1.16 bits per heavy atom. The molecule has 0 spiro atoms. The molecular formula is C14H12N2O3. The normalized spacial score (nSPS) is 13.2. The number of rotatable bonds is 2. The number of carbonyl (C=O) groups is 2. The van der Waals surface area contributed by atoms with Crippen LogP contribution in [0.2, 0.25) is 0 Å². The highest BCUT2D eigenvalue weighted by Gasteiger charge is 2.22. The van der Waals surface area contributed by atoms with Crippen molar-refractivity contribution in [3.63, 3.8) is 0 Å². The fourth-order valence-electron chi connectivity index (χ4n) is 2.13. The second-order valence-corrected chi connectivity index (χ2v) is 4.26. The molecule has 5 nitrogen and oxygen atoms in total. The molecule has 0 bridgehead atoms. The lowest BCUT2D eigenvalue weighted by Crippen LogP contribution is -2.18. The first-order valence-corrected chi connectivity index (χ1v) is 6.00. The number of aromatic nitrogens is 1. The monoisotopic (exact) mass is 256 g/mol. The molecule has 3 rings (SSSR count). The average Bonchev–Trinajstić information content (AvgIpc) is 2.96. The predicted octanol–water partition coefficient (Wildman–Crippen LogP) is 2.69. The number of ketones is 1. The van der Waals surface area contributed by atoms with Gasteiger partial charge in [0.15, 0.2) is 5.78 Å². The predicted molar refractivity (Wildman–Crippen MR) is 69.5 cm³/mol. The standard InChI is InChI=1S/C14H12N2O3/c17-12-8-9-16-11(12)6-7-13(16)15-14(18)19-10-4-2-1-3-5-10/h1-7H,8-9H2,(H,15,18). The van der Waals surface area contributed by atoms with Gasteiger partial charge < -0.3 is 9.30 Å². The summed E-state index contributed by atoms with van der Waals surface area (Å²) in [6, 6.07) is 12.2. The third-order valence-electron chi connectivity index (χ3n) is 3.01. The SMILES string of the molecule is O=C(Nc1ccc2n1CCC2=O)Oc1ccccc1. The highest BCUT2D eigenvalue weighted by atomic mass is 16.6. The molecule has 1 aliphatic heterocycles. The summed E-state index contributed by atoms with van der Waals surface area (Å²) >= 11 is 0. The van der Waals surface area contributed by atoms with Gasteiger partial charge in [0, 0.05) is 13.0 Å². The van der Waals surface area contributed by atoms with E-state index in [9.17, 15) is 9.59 Å². The summed E-state index contributed by atoms with van der Waals surface area (Å²) in [7, 11) is 0. The first-order chi connectivity index (χ1) is 9.24. The molecule has 2 aromatic rings. The van der Waals surface area contributed by atoms with E-state index < -0.39 is 6.09 Å². The molecule has 1 amide bonds. The van der Waals surface area contributed by atoms with E-state index in [0.29, 0.717) is 30.2 Å². The van der Waals surface area contributed by atoms with E-state index in [1.165, 1.54) is 0 Å². The second-order valence-electron chi connectivity index (χ2n) is 4.26. The van der Waals surface area contributed by atoms with Gasteiger partial charge in [0.25, 0.3) is 0 Å². The lowest BCUT2D eigenvalue weighted by molar-refractivity contribution is 0.0994. The number of anilines is 1. The molecule has 1 aromatic heterocycles. The third-order valence-corrected chi connectivity index (χ3v) is 3.01.